The molecule has 1 aromatic heterocycles. The number of benzene rings is 1. The Morgan fingerprint density at radius 2 is 2.05 bits per heavy atom. The highest BCUT2D eigenvalue weighted by atomic mass is 32.2. The molecule has 0 unspecified atom stereocenters. The van der Waals surface area contributed by atoms with Crippen LogP contribution in [0.5, 0.6) is 0 Å². The van der Waals surface area contributed by atoms with E-state index in [1.54, 1.807) is 17.5 Å². The Hall–Kier alpha value is -1.44. The fourth-order valence-electron chi connectivity index (χ4n) is 1.69. The molecule has 1 heterocycles. The van der Waals surface area contributed by atoms with Gasteiger partial charge in [-0.2, -0.15) is 0 Å². The molecule has 1 N–H and O–H groups in total. The first-order valence-electron chi connectivity index (χ1n) is 5.57. The number of thiophene rings is 1. The van der Waals surface area contributed by atoms with E-state index < -0.39 is 16.0 Å². The maximum Gasteiger partial charge on any atom is 0.304 e. The molecule has 0 aliphatic rings. The van der Waals surface area contributed by atoms with Crippen LogP contribution in [-0.2, 0) is 14.8 Å². The van der Waals surface area contributed by atoms with Crippen LogP contribution in [0.3, 0.4) is 0 Å². The van der Waals surface area contributed by atoms with Crippen LogP contribution in [-0.4, -0.2) is 37.4 Å². The summed E-state index contributed by atoms with van der Waals surface area (Å²) in [7, 11) is -2.24. The van der Waals surface area contributed by atoms with Gasteiger partial charge in [-0.1, -0.05) is 18.2 Å². The van der Waals surface area contributed by atoms with Crippen LogP contribution in [0.4, 0.5) is 0 Å². The maximum absolute atomic E-state index is 12.4. The second-order valence-electron chi connectivity index (χ2n) is 4.07. The van der Waals surface area contributed by atoms with Gasteiger partial charge < -0.3 is 5.11 Å². The smallest absolute Gasteiger partial charge is 0.304 e. The van der Waals surface area contributed by atoms with Crippen molar-refractivity contribution < 1.29 is 18.3 Å². The Morgan fingerprint density at radius 3 is 2.74 bits per heavy atom. The molecule has 0 bridgehead atoms. The molecule has 0 amide bonds. The predicted octanol–water partition coefficient (Wildman–Crippen LogP) is 2.00. The van der Waals surface area contributed by atoms with Gasteiger partial charge in [-0.05, 0) is 6.07 Å². The fraction of sp³-hybridized carbons (Fsp3) is 0.250. The molecular weight excluding hydrogens is 286 g/mol. The maximum atomic E-state index is 12.4. The summed E-state index contributed by atoms with van der Waals surface area (Å²) in [6, 6.07) is 7.24. The van der Waals surface area contributed by atoms with Crippen molar-refractivity contribution in [1.82, 2.24) is 4.31 Å². The standard InChI is InChI=1S/C12H13NO4S2/c1-13(7-6-12(14)15)19(16,17)11-8-18-10-5-3-2-4-9(10)11/h2-5,8H,6-7H2,1H3,(H,14,15). The Balaban J connectivity index is 2.36. The molecular formula is C12H13NO4S2. The Labute approximate surface area is 115 Å². The van der Waals surface area contributed by atoms with Crippen molar-refractivity contribution in [2.75, 3.05) is 13.6 Å². The van der Waals surface area contributed by atoms with E-state index in [0.717, 1.165) is 9.01 Å². The molecule has 0 saturated heterocycles. The van der Waals surface area contributed by atoms with Gasteiger partial charge in [0.05, 0.1) is 6.42 Å². The third-order valence-electron chi connectivity index (χ3n) is 2.77. The zero-order valence-corrected chi connectivity index (χ0v) is 11.9. The minimum absolute atomic E-state index is 0.0398. The lowest BCUT2D eigenvalue weighted by Crippen LogP contribution is -2.29. The molecule has 7 heteroatoms. The van der Waals surface area contributed by atoms with E-state index in [0.29, 0.717) is 5.39 Å². The average molecular weight is 299 g/mol. The molecule has 19 heavy (non-hydrogen) atoms. The number of rotatable bonds is 5. The Kier molecular flexibility index (Phi) is 3.88. The van der Waals surface area contributed by atoms with Gasteiger partial charge in [-0.3, -0.25) is 4.79 Å². The van der Waals surface area contributed by atoms with Crippen LogP contribution >= 0.6 is 11.3 Å². The van der Waals surface area contributed by atoms with Gasteiger partial charge >= 0.3 is 5.97 Å². The molecule has 0 fully saturated rings. The predicted molar refractivity (Wildman–Crippen MR) is 73.9 cm³/mol. The first-order chi connectivity index (χ1) is 8.93. The van der Waals surface area contributed by atoms with Gasteiger partial charge in [0.1, 0.15) is 4.90 Å². The summed E-state index contributed by atoms with van der Waals surface area (Å²) in [6.07, 6.45) is -0.211. The van der Waals surface area contributed by atoms with E-state index in [4.69, 9.17) is 5.11 Å². The summed E-state index contributed by atoms with van der Waals surface area (Å²) < 4.78 is 26.7. The fourth-order valence-corrected chi connectivity index (χ4v) is 4.34. The zero-order chi connectivity index (χ0) is 14.0. The van der Waals surface area contributed by atoms with Crippen molar-refractivity contribution in [2.45, 2.75) is 11.3 Å². The first-order valence-corrected chi connectivity index (χ1v) is 7.89. The minimum atomic E-state index is -3.64. The minimum Gasteiger partial charge on any atom is -0.481 e. The monoisotopic (exact) mass is 299 g/mol. The van der Waals surface area contributed by atoms with E-state index in [-0.39, 0.29) is 17.9 Å². The second kappa shape index (κ2) is 5.28. The van der Waals surface area contributed by atoms with Crippen LogP contribution < -0.4 is 0 Å². The molecule has 2 aromatic rings. The molecule has 0 atom stereocenters. The lowest BCUT2D eigenvalue weighted by Gasteiger charge is -2.15. The third-order valence-corrected chi connectivity index (χ3v) is 5.78. The molecule has 0 aliphatic heterocycles. The average Bonchev–Trinajstić information content (AvgIpc) is 2.80. The Bertz CT molecular complexity index is 705. The molecule has 0 aliphatic carbocycles. The molecule has 1 aromatic carbocycles. The van der Waals surface area contributed by atoms with E-state index in [1.165, 1.54) is 18.4 Å². The van der Waals surface area contributed by atoms with Crippen LogP contribution in [0.1, 0.15) is 6.42 Å². The normalized spacial score (nSPS) is 12.1. The van der Waals surface area contributed by atoms with E-state index in [1.807, 2.05) is 12.1 Å². The van der Waals surface area contributed by atoms with Crippen molar-refractivity contribution in [3.63, 3.8) is 0 Å². The van der Waals surface area contributed by atoms with Crippen molar-refractivity contribution in [3.05, 3.63) is 29.6 Å². The molecule has 5 nitrogen and oxygen atoms in total. The van der Waals surface area contributed by atoms with Crippen LogP contribution in [0.15, 0.2) is 34.5 Å². The van der Waals surface area contributed by atoms with Crippen molar-refractivity contribution in [2.24, 2.45) is 0 Å². The number of hydrogen-bond acceptors (Lipinski definition) is 4. The number of hydrogen-bond donors (Lipinski definition) is 1. The van der Waals surface area contributed by atoms with Crippen molar-refractivity contribution in [1.29, 1.82) is 0 Å². The van der Waals surface area contributed by atoms with Crippen molar-refractivity contribution in [3.8, 4) is 0 Å². The first kappa shape index (κ1) is 14.0. The summed E-state index contributed by atoms with van der Waals surface area (Å²) in [5.74, 6) is -1.02. The van der Waals surface area contributed by atoms with Gasteiger partial charge in [0, 0.05) is 29.1 Å². The quantitative estimate of drug-likeness (QED) is 0.916. The zero-order valence-electron chi connectivity index (χ0n) is 10.2. The van der Waals surface area contributed by atoms with Gasteiger partial charge in [0.2, 0.25) is 10.0 Å². The lowest BCUT2D eigenvalue weighted by atomic mass is 10.3. The summed E-state index contributed by atoms with van der Waals surface area (Å²) in [4.78, 5) is 10.7. The number of sulfonamides is 1. The molecule has 102 valence electrons. The molecule has 0 radical (unpaired) electrons. The van der Waals surface area contributed by atoms with Crippen LogP contribution in [0.25, 0.3) is 10.1 Å². The topological polar surface area (TPSA) is 74.7 Å². The highest BCUT2D eigenvalue weighted by Gasteiger charge is 2.24. The lowest BCUT2D eigenvalue weighted by molar-refractivity contribution is -0.137. The highest BCUT2D eigenvalue weighted by Crippen LogP contribution is 2.30. The van der Waals surface area contributed by atoms with Crippen molar-refractivity contribution >= 4 is 37.4 Å². The molecule has 2 rings (SSSR count). The summed E-state index contributed by atoms with van der Waals surface area (Å²) in [5, 5.41) is 10.9. The number of carbonyl (C=O) groups is 1. The second-order valence-corrected chi connectivity index (χ2v) is 6.99. The number of carboxylic acid groups (broad SMARTS) is 1. The number of aliphatic carboxylic acids is 1. The SMILES string of the molecule is CN(CCC(=O)O)S(=O)(=O)c1csc2ccccc12. The number of nitrogens with zero attached hydrogens (tertiary/aromatic N) is 1. The van der Waals surface area contributed by atoms with Gasteiger partial charge in [0.25, 0.3) is 0 Å². The molecule has 0 spiro atoms. The molecule has 0 saturated carbocycles. The van der Waals surface area contributed by atoms with E-state index in [2.05, 4.69) is 0 Å². The number of fused-ring (bicyclic) bond motifs is 1. The Morgan fingerprint density at radius 1 is 1.37 bits per heavy atom. The van der Waals surface area contributed by atoms with E-state index >= 15 is 0 Å². The van der Waals surface area contributed by atoms with Crippen LogP contribution in [0, 0.1) is 0 Å². The summed E-state index contributed by atoms with van der Waals surface area (Å²) in [6.45, 7) is -0.0398. The van der Waals surface area contributed by atoms with Gasteiger partial charge in [-0.15, -0.1) is 11.3 Å². The highest BCUT2D eigenvalue weighted by molar-refractivity contribution is 7.89. The van der Waals surface area contributed by atoms with E-state index in [9.17, 15) is 13.2 Å². The largest absolute Gasteiger partial charge is 0.481 e. The summed E-state index contributed by atoms with van der Waals surface area (Å²) in [5.41, 5.74) is 0. The van der Waals surface area contributed by atoms with Crippen LogP contribution in [0.2, 0.25) is 0 Å². The third kappa shape index (κ3) is 2.78. The van der Waals surface area contributed by atoms with Gasteiger partial charge in [-0.25, -0.2) is 12.7 Å². The van der Waals surface area contributed by atoms with Gasteiger partial charge in [0.15, 0.2) is 0 Å². The summed E-state index contributed by atoms with van der Waals surface area (Å²) >= 11 is 1.36. The number of carboxylic acids is 1.